The summed E-state index contributed by atoms with van der Waals surface area (Å²) in [5, 5.41) is 13.6. The van der Waals surface area contributed by atoms with Crippen molar-refractivity contribution >= 4 is 17.5 Å². The van der Waals surface area contributed by atoms with Crippen LogP contribution in [0.1, 0.15) is 36.0 Å². The summed E-state index contributed by atoms with van der Waals surface area (Å²) in [6, 6.07) is 0.883. The number of nitro groups is 1. The van der Waals surface area contributed by atoms with E-state index in [-0.39, 0.29) is 6.04 Å². The smallest absolute Gasteiger partial charge is 0.286 e. The van der Waals surface area contributed by atoms with E-state index in [9.17, 15) is 24.5 Å². The first-order valence-corrected chi connectivity index (χ1v) is 6.86. The number of hydrogen-bond acceptors (Lipinski definition) is 5. The fraction of sp³-hybridized carbons (Fsp3) is 0.462. The van der Waals surface area contributed by atoms with E-state index >= 15 is 0 Å². The van der Waals surface area contributed by atoms with Gasteiger partial charge in [-0.1, -0.05) is 12.8 Å². The lowest BCUT2D eigenvalue weighted by Gasteiger charge is -2.13. The molecule has 2 rings (SSSR count). The third-order valence-electron chi connectivity index (χ3n) is 3.58. The van der Waals surface area contributed by atoms with Crippen LogP contribution in [-0.4, -0.2) is 27.3 Å². The zero-order chi connectivity index (χ0) is 16.3. The average Bonchev–Trinajstić information content (AvgIpc) is 2.93. The quantitative estimate of drug-likeness (QED) is 0.578. The summed E-state index contributed by atoms with van der Waals surface area (Å²) < 4.78 is 0.836. The van der Waals surface area contributed by atoms with Gasteiger partial charge in [-0.15, -0.1) is 0 Å². The summed E-state index contributed by atoms with van der Waals surface area (Å²) in [7, 11) is 0. The summed E-state index contributed by atoms with van der Waals surface area (Å²) in [4.78, 5) is 45.2. The molecule has 0 aliphatic heterocycles. The van der Waals surface area contributed by atoms with Crippen molar-refractivity contribution in [2.24, 2.45) is 5.73 Å². The molecule has 0 unspecified atom stereocenters. The summed E-state index contributed by atoms with van der Waals surface area (Å²) in [5.41, 5.74) is 3.24. The Labute approximate surface area is 125 Å². The number of pyridine rings is 1. The molecule has 3 N–H and O–H groups in total. The van der Waals surface area contributed by atoms with Gasteiger partial charge in [0.05, 0.1) is 11.1 Å². The second-order valence-electron chi connectivity index (χ2n) is 5.22. The highest BCUT2D eigenvalue weighted by Gasteiger charge is 2.21. The molecule has 118 valence electrons. The molecule has 0 bridgehead atoms. The number of primary amides is 1. The maximum atomic E-state index is 12.0. The average molecular weight is 308 g/mol. The molecule has 0 atom stereocenters. The van der Waals surface area contributed by atoms with Gasteiger partial charge >= 0.3 is 0 Å². The van der Waals surface area contributed by atoms with Crippen LogP contribution in [0.2, 0.25) is 0 Å². The van der Waals surface area contributed by atoms with Crippen LogP contribution in [0.25, 0.3) is 0 Å². The molecule has 1 fully saturated rings. The molecular formula is C13H16N4O5. The first kappa shape index (κ1) is 15.7. The van der Waals surface area contributed by atoms with Crippen molar-refractivity contribution in [3.05, 3.63) is 38.3 Å². The third kappa shape index (κ3) is 3.48. The van der Waals surface area contributed by atoms with Crippen LogP contribution in [0, 0.1) is 10.1 Å². The number of hydrogen-bond donors (Lipinski definition) is 2. The first-order chi connectivity index (χ1) is 10.4. The van der Waals surface area contributed by atoms with Crippen molar-refractivity contribution in [2.75, 3.05) is 0 Å². The topological polar surface area (TPSA) is 137 Å². The predicted octanol–water partition coefficient (Wildman–Crippen LogP) is -0.0858. The number of carbonyl (C=O) groups is 2. The standard InChI is InChI=1S/C13H16N4O5/c14-12(19)10-5-9(17(21)22)6-16(13(10)20)7-11(18)15-8-3-1-2-4-8/h5-6,8H,1-4,7H2,(H2,14,19)(H,15,18). The molecule has 0 aromatic carbocycles. The molecule has 9 heteroatoms. The van der Waals surface area contributed by atoms with Crippen LogP contribution >= 0.6 is 0 Å². The zero-order valence-electron chi connectivity index (χ0n) is 11.8. The van der Waals surface area contributed by atoms with Crippen LogP contribution in [0.15, 0.2) is 17.1 Å². The number of carbonyl (C=O) groups excluding carboxylic acids is 2. The minimum atomic E-state index is -1.07. The maximum Gasteiger partial charge on any atom is 0.286 e. The van der Waals surface area contributed by atoms with E-state index in [1.165, 1.54) is 0 Å². The van der Waals surface area contributed by atoms with E-state index < -0.39 is 40.1 Å². The van der Waals surface area contributed by atoms with Gasteiger partial charge in [0.15, 0.2) is 0 Å². The predicted molar refractivity (Wildman–Crippen MR) is 76.3 cm³/mol. The van der Waals surface area contributed by atoms with Crippen molar-refractivity contribution in [3.63, 3.8) is 0 Å². The molecule has 1 aromatic heterocycles. The lowest BCUT2D eigenvalue weighted by Crippen LogP contribution is -2.39. The van der Waals surface area contributed by atoms with Crippen LogP contribution < -0.4 is 16.6 Å². The second kappa shape index (κ2) is 6.37. The van der Waals surface area contributed by atoms with Gasteiger partial charge in [0, 0.05) is 12.1 Å². The van der Waals surface area contributed by atoms with Crippen molar-refractivity contribution in [3.8, 4) is 0 Å². The number of amides is 2. The lowest BCUT2D eigenvalue weighted by atomic mass is 10.2. The minimum Gasteiger partial charge on any atom is -0.365 e. The molecule has 0 radical (unpaired) electrons. The molecule has 1 aliphatic carbocycles. The van der Waals surface area contributed by atoms with Crippen molar-refractivity contribution in [1.29, 1.82) is 0 Å². The molecule has 1 aromatic rings. The highest BCUT2D eigenvalue weighted by Crippen LogP contribution is 2.17. The van der Waals surface area contributed by atoms with Crippen molar-refractivity contribution < 1.29 is 14.5 Å². The molecule has 0 saturated heterocycles. The van der Waals surface area contributed by atoms with Crippen LogP contribution in [0.4, 0.5) is 5.69 Å². The summed E-state index contributed by atoms with van der Waals surface area (Å²) in [5.74, 6) is -1.50. The van der Waals surface area contributed by atoms with Gasteiger partial charge in [-0.25, -0.2) is 0 Å². The van der Waals surface area contributed by atoms with E-state index in [1.807, 2.05) is 0 Å². The molecule has 1 aliphatic rings. The summed E-state index contributed by atoms with van der Waals surface area (Å²) >= 11 is 0. The fourth-order valence-electron chi connectivity index (χ4n) is 2.51. The van der Waals surface area contributed by atoms with Gasteiger partial charge in [-0.05, 0) is 12.8 Å². The molecule has 1 saturated carbocycles. The van der Waals surface area contributed by atoms with Crippen LogP contribution in [-0.2, 0) is 11.3 Å². The van der Waals surface area contributed by atoms with Crippen LogP contribution in [0.5, 0.6) is 0 Å². The first-order valence-electron chi connectivity index (χ1n) is 6.86. The largest absolute Gasteiger partial charge is 0.365 e. The summed E-state index contributed by atoms with van der Waals surface area (Å²) in [6.45, 7) is -0.392. The highest BCUT2D eigenvalue weighted by atomic mass is 16.6. The maximum absolute atomic E-state index is 12.0. The van der Waals surface area contributed by atoms with Gasteiger partial charge in [0.1, 0.15) is 12.1 Å². The molecule has 1 heterocycles. The lowest BCUT2D eigenvalue weighted by molar-refractivity contribution is -0.385. The van der Waals surface area contributed by atoms with Gasteiger partial charge in [0.25, 0.3) is 17.2 Å². The number of nitrogens with one attached hydrogen (secondary N) is 1. The Balaban J connectivity index is 2.25. The Bertz CT molecular complexity index is 675. The van der Waals surface area contributed by atoms with E-state index in [2.05, 4.69) is 5.32 Å². The normalized spacial score (nSPS) is 14.7. The van der Waals surface area contributed by atoms with Crippen LogP contribution in [0.3, 0.4) is 0 Å². The number of rotatable bonds is 5. The van der Waals surface area contributed by atoms with Gasteiger partial charge in [-0.2, -0.15) is 0 Å². The Morgan fingerprint density at radius 1 is 1.41 bits per heavy atom. The van der Waals surface area contributed by atoms with E-state index in [0.29, 0.717) is 0 Å². The van der Waals surface area contributed by atoms with Crippen molar-refractivity contribution in [1.82, 2.24) is 9.88 Å². The Hall–Kier alpha value is -2.71. The van der Waals surface area contributed by atoms with Gasteiger partial charge < -0.3 is 11.1 Å². The fourth-order valence-corrected chi connectivity index (χ4v) is 2.51. The third-order valence-corrected chi connectivity index (χ3v) is 3.58. The van der Waals surface area contributed by atoms with E-state index in [0.717, 1.165) is 42.5 Å². The monoisotopic (exact) mass is 308 g/mol. The Kier molecular flexibility index (Phi) is 4.54. The molecular weight excluding hydrogens is 292 g/mol. The van der Waals surface area contributed by atoms with E-state index in [4.69, 9.17) is 5.73 Å². The molecule has 2 amide bonds. The number of nitrogens with zero attached hydrogens (tertiary/aromatic N) is 2. The summed E-state index contributed by atoms with van der Waals surface area (Å²) in [6.07, 6.45) is 4.76. The minimum absolute atomic E-state index is 0.0671. The number of aromatic nitrogens is 1. The van der Waals surface area contributed by atoms with Gasteiger partial charge in [0.2, 0.25) is 5.91 Å². The van der Waals surface area contributed by atoms with Gasteiger partial charge in [-0.3, -0.25) is 29.1 Å². The highest BCUT2D eigenvalue weighted by molar-refractivity contribution is 5.93. The Morgan fingerprint density at radius 2 is 2.05 bits per heavy atom. The molecule has 0 spiro atoms. The second-order valence-corrected chi connectivity index (χ2v) is 5.22. The SMILES string of the molecule is NC(=O)c1cc([N+](=O)[O-])cn(CC(=O)NC2CCCC2)c1=O. The Morgan fingerprint density at radius 3 is 2.59 bits per heavy atom. The zero-order valence-corrected chi connectivity index (χ0v) is 11.8. The molecule has 22 heavy (non-hydrogen) atoms. The van der Waals surface area contributed by atoms with Crippen molar-refractivity contribution in [2.45, 2.75) is 38.3 Å². The van der Waals surface area contributed by atoms with E-state index in [1.54, 1.807) is 0 Å². The molecule has 9 nitrogen and oxygen atoms in total. The number of nitrogens with two attached hydrogens (primary N) is 1.